The molecule has 0 radical (unpaired) electrons. The summed E-state index contributed by atoms with van der Waals surface area (Å²) in [6, 6.07) is -0.716. The molecule has 14 heavy (non-hydrogen) atoms. The lowest BCUT2D eigenvalue weighted by Crippen LogP contribution is -2.30. The van der Waals surface area contributed by atoms with Gasteiger partial charge in [0.05, 0.1) is 0 Å². The third-order valence-electron chi connectivity index (χ3n) is 1.71. The van der Waals surface area contributed by atoms with Gasteiger partial charge in [0.25, 0.3) is 0 Å². The van der Waals surface area contributed by atoms with Gasteiger partial charge in [-0.15, -0.1) is 20.9 Å². The largest absolute Gasteiger partial charge is 0.480 e. The van der Waals surface area contributed by atoms with Crippen molar-refractivity contribution in [1.82, 2.24) is 4.72 Å². The number of unbranched alkanes of at least 4 members (excludes halogenated alkanes) is 1. The number of nitrogens with one attached hydrogen (secondary N) is 1. The summed E-state index contributed by atoms with van der Waals surface area (Å²) in [7, 11) is -0.944. The van der Waals surface area contributed by atoms with E-state index in [1.54, 1.807) is 0 Å². The van der Waals surface area contributed by atoms with Crippen LogP contribution in [0.2, 0.25) is 0 Å². The van der Waals surface area contributed by atoms with E-state index >= 15 is 0 Å². The lowest BCUT2D eigenvalue weighted by Gasteiger charge is -2.25. The van der Waals surface area contributed by atoms with Gasteiger partial charge in [-0.2, -0.15) is 0 Å². The number of carboxylic acids is 1. The van der Waals surface area contributed by atoms with Crippen LogP contribution >= 0.6 is 20.9 Å². The summed E-state index contributed by atoms with van der Waals surface area (Å²) >= 11 is 4.38. The molecule has 4 N–H and O–H groups in total. The molecular weight excluding hydrogens is 220 g/mol. The lowest BCUT2D eigenvalue weighted by atomic mass is 10.1. The van der Waals surface area contributed by atoms with Crippen molar-refractivity contribution >= 4 is 26.9 Å². The van der Waals surface area contributed by atoms with Gasteiger partial charge < -0.3 is 10.8 Å². The van der Waals surface area contributed by atoms with Crippen molar-refractivity contribution in [2.45, 2.75) is 25.3 Å². The highest BCUT2D eigenvalue weighted by Gasteiger charge is 2.10. The zero-order chi connectivity index (χ0) is 11.2. The van der Waals surface area contributed by atoms with Crippen LogP contribution in [0.3, 0.4) is 0 Å². The number of rotatable bonds is 7. The molecule has 0 saturated heterocycles. The molecule has 0 aromatic carbocycles. The summed E-state index contributed by atoms with van der Waals surface area (Å²) in [5.41, 5.74) is 5.35. The molecule has 0 rings (SSSR count). The Morgan fingerprint density at radius 3 is 2.57 bits per heavy atom. The molecule has 86 valence electrons. The highest BCUT2D eigenvalue weighted by molar-refractivity contribution is 8.86. The zero-order valence-corrected chi connectivity index (χ0v) is 10.4. The zero-order valence-electron chi connectivity index (χ0n) is 8.69. The molecule has 6 heteroatoms. The van der Waals surface area contributed by atoms with Crippen molar-refractivity contribution in [2.75, 3.05) is 19.1 Å². The maximum atomic E-state index is 10.4. The second-order valence-electron chi connectivity index (χ2n) is 3.61. The summed E-state index contributed by atoms with van der Waals surface area (Å²) in [6.45, 7) is 0.873. The van der Waals surface area contributed by atoms with E-state index in [0.717, 1.165) is 19.4 Å². The second-order valence-corrected chi connectivity index (χ2v) is 9.18. The fourth-order valence-electron chi connectivity index (χ4n) is 0.935. The van der Waals surface area contributed by atoms with Crippen LogP contribution in [-0.2, 0) is 4.79 Å². The summed E-state index contributed by atoms with van der Waals surface area (Å²) in [5.74, 6) is -0.918. The average Bonchev–Trinajstić information content (AvgIpc) is 2.01. The molecule has 0 aliphatic rings. The Bertz CT molecular complexity index is 183. The minimum Gasteiger partial charge on any atom is -0.480 e. The molecule has 0 amide bonds. The first-order valence-electron chi connectivity index (χ1n) is 4.51. The molecule has 0 aromatic heterocycles. The Hall–Kier alpha value is 0.0900. The number of hydrogen-bond donors (Lipinski definition) is 4. The van der Waals surface area contributed by atoms with Gasteiger partial charge in [-0.25, -0.2) is 0 Å². The molecule has 0 aliphatic heterocycles. The van der Waals surface area contributed by atoms with E-state index in [9.17, 15) is 4.79 Å². The van der Waals surface area contributed by atoms with E-state index in [4.69, 9.17) is 10.8 Å². The average molecular weight is 240 g/mol. The molecule has 0 saturated carbocycles. The van der Waals surface area contributed by atoms with E-state index in [1.807, 2.05) is 0 Å². The molecule has 4 nitrogen and oxygen atoms in total. The van der Waals surface area contributed by atoms with Gasteiger partial charge >= 0.3 is 5.97 Å². The topological polar surface area (TPSA) is 75.3 Å². The van der Waals surface area contributed by atoms with Crippen LogP contribution in [0.4, 0.5) is 0 Å². The van der Waals surface area contributed by atoms with Crippen LogP contribution < -0.4 is 10.5 Å². The van der Waals surface area contributed by atoms with E-state index in [2.05, 4.69) is 28.9 Å². The van der Waals surface area contributed by atoms with E-state index in [1.165, 1.54) is 0 Å². The van der Waals surface area contributed by atoms with Crippen molar-refractivity contribution in [3.05, 3.63) is 0 Å². The van der Waals surface area contributed by atoms with Crippen LogP contribution in [0.5, 0.6) is 0 Å². The third kappa shape index (κ3) is 8.68. The Balaban J connectivity index is 3.35. The number of nitrogens with two attached hydrogens (primary N) is 1. The van der Waals surface area contributed by atoms with Gasteiger partial charge in [0.2, 0.25) is 0 Å². The molecule has 1 atom stereocenters. The summed E-state index contributed by atoms with van der Waals surface area (Å²) in [6.07, 6.45) is 6.43. The van der Waals surface area contributed by atoms with Gasteiger partial charge in [-0.05, 0) is 25.4 Å². The fraction of sp³-hybridized carbons (Fsp3) is 0.875. The Kier molecular flexibility index (Phi) is 6.59. The Morgan fingerprint density at radius 2 is 2.14 bits per heavy atom. The predicted octanol–water partition coefficient (Wildman–Crippen LogP) is 0.982. The van der Waals surface area contributed by atoms with Crippen molar-refractivity contribution < 1.29 is 9.90 Å². The van der Waals surface area contributed by atoms with Gasteiger partial charge in [0.15, 0.2) is 0 Å². The van der Waals surface area contributed by atoms with E-state index in [0.29, 0.717) is 6.42 Å². The van der Waals surface area contributed by atoms with Crippen LogP contribution in [0.25, 0.3) is 0 Å². The number of carboxylic acid groups (broad SMARTS) is 1. The molecule has 0 fully saturated rings. The molecule has 0 heterocycles. The highest BCUT2D eigenvalue weighted by atomic mass is 33.1. The maximum Gasteiger partial charge on any atom is 0.320 e. The normalized spacial score (nSPS) is 15.1. The third-order valence-corrected chi connectivity index (χ3v) is 3.01. The van der Waals surface area contributed by atoms with Crippen LogP contribution in [-0.4, -0.2) is 36.2 Å². The summed E-state index contributed by atoms with van der Waals surface area (Å²) < 4.78 is 3.28. The van der Waals surface area contributed by atoms with Crippen molar-refractivity contribution in [3.63, 3.8) is 0 Å². The van der Waals surface area contributed by atoms with Crippen LogP contribution in [0.15, 0.2) is 0 Å². The van der Waals surface area contributed by atoms with E-state index in [-0.39, 0.29) is 0 Å². The Labute approximate surface area is 91.9 Å². The first-order valence-corrected chi connectivity index (χ1v) is 8.02. The van der Waals surface area contributed by atoms with Gasteiger partial charge in [0, 0.05) is 6.54 Å². The fourth-order valence-corrected chi connectivity index (χ4v) is 1.85. The predicted molar refractivity (Wildman–Crippen MR) is 65.9 cm³/mol. The SMILES string of the molecule is CS(C)(S)NCCCCC(N)C(=O)O. The molecule has 1 unspecified atom stereocenters. The Morgan fingerprint density at radius 1 is 1.57 bits per heavy atom. The van der Waals surface area contributed by atoms with Gasteiger partial charge in [-0.3, -0.25) is 9.52 Å². The van der Waals surface area contributed by atoms with Crippen LogP contribution in [0, 0.1) is 0 Å². The monoisotopic (exact) mass is 240 g/mol. The van der Waals surface area contributed by atoms with E-state index < -0.39 is 21.3 Å². The van der Waals surface area contributed by atoms with Crippen molar-refractivity contribution in [3.8, 4) is 0 Å². The number of hydrogen-bond acceptors (Lipinski definition) is 4. The van der Waals surface area contributed by atoms with Gasteiger partial charge in [-0.1, -0.05) is 6.42 Å². The first-order chi connectivity index (χ1) is 6.33. The summed E-state index contributed by atoms with van der Waals surface area (Å²) in [5, 5.41) is 8.52. The molecule has 0 spiro atoms. The first kappa shape index (κ1) is 14.1. The number of aliphatic carboxylic acids is 1. The van der Waals surface area contributed by atoms with Crippen molar-refractivity contribution in [2.24, 2.45) is 5.73 Å². The smallest absolute Gasteiger partial charge is 0.320 e. The number of carbonyl (C=O) groups is 1. The number of thiol groups is 1. The quantitative estimate of drug-likeness (QED) is 0.304. The standard InChI is InChI=1S/C8H20N2O2S2/c1-14(2,13)10-6-4-3-5-7(9)8(11)12/h7,10,13H,3-6,9H2,1-2H3,(H,11,12). The van der Waals surface area contributed by atoms with Crippen molar-refractivity contribution in [1.29, 1.82) is 0 Å². The lowest BCUT2D eigenvalue weighted by molar-refractivity contribution is -0.138. The minimum absolute atomic E-state index is 0.541. The summed E-state index contributed by atoms with van der Waals surface area (Å²) in [4.78, 5) is 10.4. The molecular formula is C8H20N2O2S2. The molecule has 0 aliphatic carbocycles. The molecule has 0 aromatic rings. The maximum absolute atomic E-state index is 10.4. The van der Waals surface area contributed by atoms with Gasteiger partial charge in [0.1, 0.15) is 6.04 Å². The second kappa shape index (κ2) is 6.55. The molecule has 0 bridgehead atoms. The van der Waals surface area contributed by atoms with Crippen LogP contribution in [0.1, 0.15) is 19.3 Å². The highest BCUT2D eigenvalue weighted by Crippen LogP contribution is 2.39. The minimum atomic E-state index is -0.944.